The Morgan fingerprint density at radius 1 is 1.25 bits per heavy atom. The van der Waals surface area contributed by atoms with Gasteiger partial charge in [0.05, 0.1) is 6.10 Å². The average Bonchev–Trinajstić information content (AvgIpc) is 2.47. The van der Waals surface area contributed by atoms with Crippen molar-refractivity contribution in [3.05, 3.63) is 0 Å². The van der Waals surface area contributed by atoms with E-state index in [0.29, 0.717) is 6.10 Å². The molecule has 0 aromatic heterocycles. The van der Waals surface area contributed by atoms with Crippen LogP contribution >= 0.6 is 0 Å². The van der Waals surface area contributed by atoms with Gasteiger partial charge >= 0.3 is 0 Å². The quantitative estimate of drug-likeness (QED) is 0.590. The molecule has 70 valence electrons. The minimum absolute atomic E-state index is 0.553. The maximum atomic E-state index is 5.42. The summed E-state index contributed by atoms with van der Waals surface area (Å²) in [5, 5.41) is 0. The van der Waals surface area contributed by atoms with Gasteiger partial charge in [-0.15, -0.1) is 0 Å². The highest BCUT2D eigenvalue weighted by atomic mass is 16.5. The topological polar surface area (TPSA) is 12.5 Å². The Kier molecular flexibility index (Phi) is 2.37. The van der Waals surface area contributed by atoms with E-state index in [9.17, 15) is 0 Å². The van der Waals surface area contributed by atoms with Crippen LogP contribution in [0.5, 0.6) is 0 Å². The molecule has 1 aliphatic heterocycles. The molecule has 2 heteroatoms. The number of methoxy groups -OCH3 is 1. The van der Waals surface area contributed by atoms with Gasteiger partial charge in [0, 0.05) is 13.2 Å². The summed E-state index contributed by atoms with van der Waals surface area (Å²) in [6.07, 6.45) is 5.85. The first-order chi connectivity index (χ1) is 5.81. The highest BCUT2D eigenvalue weighted by Crippen LogP contribution is 2.36. The normalized spacial score (nSPS) is 43.0. The summed E-state index contributed by atoms with van der Waals surface area (Å²) < 4.78 is 5.42. The van der Waals surface area contributed by atoms with E-state index in [1.807, 2.05) is 7.11 Å². The average molecular weight is 169 g/mol. The van der Waals surface area contributed by atoms with E-state index in [2.05, 4.69) is 11.9 Å². The van der Waals surface area contributed by atoms with Crippen LogP contribution in [0.25, 0.3) is 0 Å². The molecular formula is C10H19NO. The van der Waals surface area contributed by atoms with Crippen LogP contribution in [-0.4, -0.2) is 37.7 Å². The van der Waals surface area contributed by atoms with Crippen molar-refractivity contribution in [1.29, 1.82) is 0 Å². The fraction of sp³-hybridized carbons (Fsp3) is 1.00. The molecule has 1 heterocycles. The third-order valence-electron chi connectivity index (χ3n) is 3.65. The monoisotopic (exact) mass is 169 g/mol. The first-order valence-corrected chi connectivity index (χ1v) is 5.04. The molecule has 3 atom stereocenters. The Balaban J connectivity index is 1.95. The van der Waals surface area contributed by atoms with Crippen molar-refractivity contribution in [2.75, 3.05) is 20.7 Å². The molecule has 1 saturated heterocycles. The van der Waals surface area contributed by atoms with Gasteiger partial charge in [-0.3, -0.25) is 0 Å². The highest BCUT2D eigenvalue weighted by Gasteiger charge is 2.36. The molecule has 1 unspecified atom stereocenters. The van der Waals surface area contributed by atoms with Gasteiger partial charge in [0.2, 0.25) is 0 Å². The summed E-state index contributed by atoms with van der Waals surface area (Å²) in [5.74, 6) is 0.925. The summed E-state index contributed by atoms with van der Waals surface area (Å²) >= 11 is 0. The third kappa shape index (κ3) is 1.38. The largest absolute Gasteiger partial charge is 0.381 e. The van der Waals surface area contributed by atoms with Crippen LogP contribution in [0.1, 0.15) is 25.7 Å². The second kappa shape index (κ2) is 3.35. The van der Waals surface area contributed by atoms with E-state index in [4.69, 9.17) is 4.74 Å². The third-order valence-corrected chi connectivity index (χ3v) is 3.65. The standard InChI is InChI=1S/C10H19NO/c1-11-6-5-8-7-9(12-2)3-4-10(8)11/h8-10H,3-7H2,1-2H3/t8-,9?,10+/m1/s1. The maximum Gasteiger partial charge on any atom is 0.0575 e. The molecule has 0 aromatic rings. The Hall–Kier alpha value is -0.0800. The van der Waals surface area contributed by atoms with Crippen molar-refractivity contribution in [1.82, 2.24) is 4.90 Å². The Morgan fingerprint density at radius 2 is 2.08 bits per heavy atom. The van der Waals surface area contributed by atoms with Gasteiger partial charge < -0.3 is 9.64 Å². The molecule has 0 spiro atoms. The number of likely N-dealkylation sites (tertiary alicyclic amines) is 1. The molecule has 2 aliphatic rings. The van der Waals surface area contributed by atoms with E-state index in [-0.39, 0.29) is 0 Å². The van der Waals surface area contributed by atoms with E-state index < -0.39 is 0 Å². The number of rotatable bonds is 1. The van der Waals surface area contributed by atoms with Crippen LogP contribution < -0.4 is 0 Å². The van der Waals surface area contributed by atoms with Crippen molar-refractivity contribution < 1.29 is 4.74 Å². The lowest BCUT2D eigenvalue weighted by Crippen LogP contribution is -2.36. The first kappa shape index (κ1) is 8.52. The number of hydrogen-bond acceptors (Lipinski definition) is 2. The fourth-order valence-electron chi connectivity index (χ4n) is 2.84. The Bertz CT molecular complexity index is 160. The van der Waals surface area contributed by atoms with Crippen molar-refractivity contribution in [2.45, 2.75) is 37.8 Å². The lowest BCUT2D eigenvalue weighted by molar-refractivity contribution is 0.0350. The van der Waals surface area contributed by atoms with Crippen molar-refractivity contribution in [3.8, 4) is 0 Å². The lowest BCUT2D eigenvalue weighted by atomic mass is 9.83. The Labute approximate surface area is 74.9 Å². The molecule has 0 bridgehead atoms. The molecule has 0 amide bonds. The van der Waals surface area contributed by atoms with Gasteiger partial charge in [-0.25, -0.2) is 0 Å². The van der Waals surface area contributed by atoms with E-state index in [1.165, 1.54) is 32.2 Å². The molecular weight excluding hydrogens is 150 g/mol. The van der Waals surface area contributed by atoms with Crippen LogP contribution in [0.2, 0.25) is 0 Å². The van der Waals surface area contributed by atoms with Crippen molar-refractivity contribution >= 4 is 0 Å². The van der Waals surface area contributed by atoms with Crippen LogP contribution in [-0.2, 0) is 4.74 Å². The second-order valence-electron chi connectivity index (χ2n) is 4.27. The summed E-state index contributed by atoms with van der Waals surface area (Å²) in [6.45, 7) is 1.30. The van der Waals surface area contributed by atoms with Crippen LogP contribution in [0.15, 0.2) is 0 Å². The maximum absolute atomic E-state index is 5.42. The zero-order valence-corrected chi connectivity index (χ0v) is 8.12. The number of fused-ring (bicyclic) bond motifs is 1. The number of ether oxygens (including phenoxy) is 1. The zero-order valence-electron chi connectivity index (χ0n) is 8.12. The smallest absolute Gasteiger partial charge is 0.0575 e. The lowest BCUT2D eigenvalue weighted by Gasteiger charge is -2.33. The molecule has 2 nitrogen and oxygen atoms in total. The van der Waals surface area contributed by atoms with Crippen LogP contribution in [0, 0.1) is 5.92 Å². The predicted molar refractivity (Wildman–Crippen MR) is 49.2 cm³/mol. The molecule has 2 rings (SSSR count). The Morgan fingerprint density at radius 3 is 2.83 bits per heavy atom. The van der Waals surface area contributed by atoms with Gasteiger partial charge in [-0.05, 0) is 45.2 Å². The van der Waals surface area contributed by atoms with Crippen molar-refractivity contribution in [2.24, 2.45) is 5.92 Å². The predicted octanol–water partition coefficient (Wildman–Crippen LogP) is 1.51. The fourth-order valence-corrected chi connectivity index (χ4v) is 2.84. The molecule has 2 fully saturated rings. The van der Waals surface area contributed by atoms with E-state index >= 15 is 0 Å². The molecule has 0 N–H and O–H groups in total. The van der Waals surface area contributed by atoms with Gasteiger partial charge in [-0.2, -0.15) is 0 Å². The van der Waals surface area contributed by atoms with Crippen LogP contribution in [0.3, 0.4) is 0 Å². The molecule has 0 aromatic carbocycles. The van der Waals surface area contributed by atoms with Gasteiger partial charge in [0.15, 0.2) is 0 Å². The van der Waals surface area contributed by atoms with E-state index in [1.54, 1.807) is 0 Å². The van der Waals surface area contributed by atoms with Crippen LogP contribution in [0.4, 0.5) is 0 Å². The summed E-state index contributed by atoms with van der Waals surface area (Å²) in [5.41, 5.74) is 0. The highest BCUT2D eigenvalue weighted by molar-refractivity contribution is 4.90. The van der Waals surface area contributed by atoms with Gasteiger partial charge in [0.1, 0.15) is 0 Å². The summed E-state index contributed by atoms with van der Waals surface area (Å²) in [4.78, 5) is 2.52. The van der Waals surface area contributed by atoms with Gasteiger partial charge in [-0.1, -0.05) is 0 Å². The molecule has 12 heavy (non-hydrogen) atoms. The summed E-state index contributed by atoms with van der Waals surface area (Å²) in [7, 11) is 4.11. The SMILES string of the molecule is COC1CC[C@H]2[C@H](CCN2C)C1. The zero-order chi connectivity index (χ0) is 8.55. The van der Waals surface area contributed by atoms with Gasteiger partial charge in [0.25, 0.3) is 0 Å². The molecule has 0 radical (unpaired) electrons. The van der Waals surface area contributed by atoms with E-state index in [0.717, 1.165) is 12.0 Å². The molecule has 1 saturated carbocycles. The first-order valence-electron chi connectivity index (χ1n) is 5.04. The second-order valence-corrected chi connectivity index (χ2v) is 4.27. The summed E-state index contributed by atoms with van der Waals surface area (Å²) in [6, 6.07) is 0.872. The number of nitrogens with zero attached hydrogens (tertiary/aromatic N) is 1. The number of hydrogen-bond donors (Lipinski definition) is 0. The van der Waals surface area contributed by atoms with Crippen molar-refractivity contribution in [3.63, 3.8) is 0 Å². The minimum Gasteiger partial charge on any atom is -0.381 e. The molecule has 1 aliphatic carbocycles. The minimum atomic E-state index is 0.553.